The zero-order valence-corrected chi connectivity index (χ0v) is 14.2. The zero-order chi connectivity index (χ0) is 15.6. The molecule has 2 unspecified atom stereocenters. The van der Waals surface area contributed by atoms with Gasteiger partial charge in [0.15, 0.2) is 0 Å². The van der Waals surface area contributed by atoms with Crippen molar-refractivity contribution in [3.8, 4) is 0 Å². The summed E-state index contributed by atoms with van der Waals surface area (Å²) in [6.07, 6.45) is 1.95. The van der Waals surface area contributed by atoms with Gasteiger partial charge in [0.05, 0.1) is 0 Å². The lowest BCUT2D eigenvalue weighted by atomic mass is 10.0. The van der Waals surface area contributed by atoms with Crippen LogP contribution in [-0.2, 0) is 4.74 Å². The van der Waals surface area contributed by atoms with Gasteiger partial charge in [0.1, 0.15) is 5.60 Å². The van der Waals surface area contributed by atoms with E-state index in [0.29, 0.717) is 18.0 Å². The molecule has 2 fully saturated rings. The summed E-state index contributed by atoms with van der Waals surface area (Å²) < 4.78 is 5.45. The van der Waals surface area contributed by atoms with Crippen LogP contribution in [0.3, 0.4) is 0 Å². The highest BCUT2D eigenvalue weighted by Crippen LogP contribution is 2.25. The Morgan fingerprint density at radius 3 is 2.29 bits per heavy atom. The molecular weight excluding hydrogens is 266 g/mol. The second-order valence-corrected chi connectivity index (χ2v) is 7.52. The maximum Gasteiger partial charge on any atom is 0.410 e. The lowest BCUT2D eigenvalue weighted by Crippen LogP contribution is -2.47. The van der Waals surface area contributed by atoms with Crippen LogP contribution in [0.4, 0.5) is 4.79 Å². The molecule has 0 aromatic carbocycles. The summed E-state index contributed by atoms with van der Waals surface area (Å²) in [4.78, 5) is 16.5. The lowest BCUT2D eigenvalue weighted by molar-refractivity contribution is 0.0153. The minimum atomic E-state index is -0.404. The predicted molar refractivity (Wildman–Crippen MR) is 84.4 cm³/mol. The van der Waals surface area contributed by atoms with Crippen LogP contribution in [0.2, 0.25) is 0 Å². The van der Waals surface area contributed by atoms with Gasteiger partial charge in [-0.15, -0.1) is 0 Å². The van der Waals surface area contributed by atoms with Crippen molar-refractivity contribution in [3.63, 3.8) is 0 Å². The Morgan fingerprint density at radius 2 is 1.81 bits per heavy atom. The van der Waals surface area contributed by atoms with E-state index in [9.17, 15) is 4.79 Å². The molecule has 1 N–H and O–H groups in total. The molecule has 0 aromatic heterocycles. The molecule has 2 aliphatic heterocycles. The van der Waals surface area contributed by atoms with Crippen molar-refractivity contribution in [2.75, 3.05) is 33.2 Å². The summed E-state index contributed by atoms with van der Waals surface area (Å²) in [7, 11) is 2.05. The Hall–Kier alpha value is -0.810. The lowest BCUT2D eigenvalue weighted by Gasteiger charge is -2.37. The first-order valence-corrected chi connectivity index (χ1v) is 8.19. The molecule has 0 aromatic rings. The van der Waals surface area contributed by atoms with Gasteiger partial charge >= 0.3 is 6.09 Å². The topological polar surface area (TPSA) is 44.8 Å². The number of nitrogens with one attached hydrogen (secondary N) is 1. The van der Waals surface area contributed by atoms with Crippen molar-refractivity contribution >= 4 is 6.09 Å². The van der Waals surface area contributed by atoms with Gasteiger partial charge < -0.3 is 15.0 Å². The van der Waals surface area contributed by atoms with Gasteiger partial charge in [0, 0.05) is 38.3 Å². The number of likely N-dealkylation sites (tertiary alicyclic amines) is 2. The van der Waals surface area contributed by atoms with E-state index in [4.69, 9.17) is 4.74 Å². The summed E-state index contributed by atoms with van der Waals surface area (Å²) in [6.45, 7) is 12.0. The maximum absolute atomic E-state index is 12.1. The van der Waals surface area contributed by atoms with E-state index in [-0.39, 0.29) is 6.09 Å². The Labute approximate surface area is 129 Å². The largest absolute Gasteiger partial charge is 0.444 e. The van der Waals surface area contributed by atoms with Crippen LogP contribution in [0.5, 0.6) is 0 Å². The molecule has 2 aliphatic rings. The molecule has 0 radical (unpaired) electrons. The molecule has 5 nitrogen and oxygen atoms in total. The quantitative estimate of drug-likeness (QED) is 0.846. The summed E-state index contributed by atoms with van der Waals surface area (Å²) >= 11 is 0. The number of carbonyl (C=O) groups is 1. The van der Waals surface area contributed by atoms with Crippen LogP contribution in [0.1, 0.15) is 40.5 Å². The number of likely N-dealkylation sites (N-methyl/N-ethyl adjacent to an activating group) is 1. The number of amides is 1. The molecule has 2 rings (SSSR count). The van der Waals surface area contributed by atoms with Crippen molar-refractivity contribution in [1.29, 1.82) is 0 Å². The van der Waals surface area contributed by atoms with E-state index in [1.54, 1.807) is 0 Å². The number of hydrogen-bond donors (Lipinski definition) is 1. The highest BCUT2D eigenvalue weighted by atomic mass is 16.6. The molecule has 0 aliphatic carbocycles. The van der Waals surface area contributed by atoms with Gasteiger partial charge in [0.2, 0.25) is 0 Å². The summed E-state index contributed by atoms with van der Waals surface area (Å²) in [5.41, 5.74) is -0.404. The van der Waals surface area contributed by atoms with Crippen molar-refractivity contribution in [2.24, 2.45) is 5.92 Å². The number of piperidine rings is 1. The number of ether oxygens (including phenoxy) is 1. The number of nitrogens with zero attached hydrogens (tertiary/aromatic N) is 2. The molecule has 0 bridgehead atoms. The van der Waals surface area contributed by atoms with E-state index in [1.165, 1.54) is 6.54 Å². The average molecular weight is 297 g/mol. The van der Waals surface area contributed by atoms with Crippen LogP contribution in [-0.4, -0.2) is 66.8 Å². The average Bonchev–Trinajstić information content (AvgIpc) is 2.78. The third-order valence-corrected chi connectivity index (χ3v) is 4.64. The Bertz CT molecular complexity index is 359. The van der Waals surface area contributed by atoms with Crippen LogP contribution >= 0.6 is 0 Å². The van der Waals surface area contributed by atoms with E-state index in [0.717, 1.165) is 32.5 Å². The molecule has 2 atom stereocenters. The van der Waals surface area contributed by atoms with Crippen LogP contribution < -0.4 is 5.32 Å². The van der Waals surface area contributed by atoms with E-state index in [2.05, 4.69) is 24.2 Å². The van der Waals surface area contributed by atoms with E-state index in [1.807, 2.05) is 25.7 Å². The zero-order valence-electron chi connectivity index (χ0n) is 14.2. The molecule has 0 spiro atoms. The maximum atomic E-state index is 12.1. The van der Waals surface area contributed by atoms with Gasteiger partial charge in [-0.3, -0.25) is 4.90 Å². The minimum Gasteiger partial charge on any atom is -0.444 e. The smallest absolute Gasteiger partial charge is 0.410 e. The van der Waals surface area contributed by atoms with Crippen LogP contribution in [0, 0.1) is 5.92 Å². The van der Waals surface area contributed by atoms with Crippen LogP contribution in [0.25, 0.3) is 0 Å². The second-order valence-electron chi connectivity index (χ2n) is 7.52. The van der Waals surface area contributed by atoms with Crippen molar-refractivity contribution in [2.45, 2.75) is 58.2 Å². The summed E-state index contributed by atoms with van der Waals surface area (Å²) in [5.74, 6) is 0.707. The third-order valence-electron chi connectivity index (χ3n) is 4.64. The molecule has 2 saturated heterocycles. The first-order valence-electron chi connectivity index (χ1n) is 8.19. The van der Waals surface area contributed by atoms with E-state index < -0.39 is 5.60 Å². The van der Waals surface area contributed by atoms with Gasteiger partial charge in [0.25, 0.3) is 0 Å². The highest BCUT2D eigenvalue weighted by molar-refractivity contribution is 5.68. The standard InChI is InChI=1S/C16H31N3O2/c1-12-10-19(11-14(12)17-5)13-6-8-18(9-7-13)15(20)21-16(2,3)4/h12-14,17H,6-11H2,1-5H3. The van der Waals surface area contributed by atoms with E-state index >= 15 is 0 Å². The number of rotatable bonds is 2. The monoisotopic (exact) mass is 297 g/mol. The minimum absolute atomic E-state index is 0.163. The van der Waals surface area contributed by atoms with Crippen molar-refractivity contribution in [1.82, 2.24) is 15.1 Å². The Kier molecular flexibility index (Phi) is 5.15. The fraction of sp³-hybridized carbons (Fsp3) is 0.938. The fourth-order valence-corrected chi connectivity index (χ4v) is 3.42. The van der Waals surface area contributed by atoms with Crippen molar-refractivity contribution in [3.05, 3.63) is 0 Å². The molecule has 2 heterocycles. The Balaban J connectivity index is 1.80. The predicted octanol–water partition coefficient (Wildman–Crippen LogP) is 1.93. The molecule has 122 valence electrons. The third kappa shape index (κ3) is 4.33. The molecule has 0 saturated carbocycles. The van der Waals surface area contributed by atoms with Crippen LogP contribution in [0.15, 0.2) is 0 Å². The van der Waals surface area contributed by atoms with Gasteiger partial charge in [-0.05, 0) is 46.6 Å². The number of hydrogen-bond acceptors (Lipinski definition) is 4. The number of carbonyl (C=O) groups excluding carboxylic acids is 1. The molecule has 21 heavy (non-hydrogen) atoms. The fourth-order valence-electron chi connectivity index (χ4n) is 3.42. The first kappa shape index (κ1) is 16.6. The SMILES string of the molecule is CNC1CN(C2CCN(C(=O)OC(C)(C)C)CC2)CC1C. The van der Waals surface area contributed by atoms with Gasteiger partial charge in [-0.1, -0.05) is 6.92 Å². The summed E-state index contributed by atoms with van der Waals surface area (Å²) in [5, 5.41) is 3.41. The normalized spacial score (nSPS) is 28.9. The molecule has 5 heteroatoms. The second kappa shape index (κ2) is 6.53. The first-order chi connectivity index (χ1) is 9.80. The van der Waals surface area contributed by atoms with Gasteiger partial charge in [-0.2, -0.15) is 0 Å². The summed E-state index contributed by atoms with van der Waals surface area (Å²) in [6, 6.07) is 1.22. The highest BCUT2D eigenvalue weighted by Gasteiger charge is 2.35. The van der Waals surface area contributed by atoms with Crippen molar-refractivity contribution < 1.29 is 9.53 Å². The molecule has 1 amide bonds. The molecular formula is C16H31N3O2. The Morgan fingerprint density at radius 1 is 1.19 bits per heavy atom. The van der Waals surface area contributed by atoms with Gasteiger partial charge in [-0.25, -0.2) is 4.79 Å².